The molecular weight excluding hydrogens is 426 g/mol. The lowest BCUT2D eigenvalue weighted by molar-refractivity contribution is -0.122. The molecule has 2 aliphatic heterocycles. The standard InChI is InChI=1S/C24H28ClN5O2/c1-32-20-15-23(24(31)28-9-8-26)30(16-20)19-6-7-22(25)21(14-19)17-2-4-18(5-3-17)29-12-10-27-11-13-29/h2-7,14,20,23,27H,9-13,15-16H2,1H3,(H,28,31)/t20-,23+/m1/s1. The Morgan fingerprint density at radius 1 is 1.22 bits per heavy atom. The molecule has 2 aliphatic rings. The molecule has 0 unspecified atom stereocenters. The van der Waals surface area contributed by atoms with Gasteiger partial charge in [-0.3, -0.25) is 4.79 Å². The Bertz CT molecular complexity index is 985. The van der Waals surface area contributed by atoms with Gasteiger partial charge in [0.05, 0.1) is 12.2 Å². The van der Waals surface area contributed by atoms with Gasteiger partial charge in [-0.05, 0) is 35.9 Å². The van der Waals surface area contributed by atoms with Crippen LogP contribution in [0.3, 0.4) is 0 Å². The molecule has 0 saturated carbocycles. The first-order valence-corrected chi connectivity index (χ1v) is 11.3. The van der Waals surface area contributed by atoms with Gasteiger partial charge in [-0.15, -0.1) is 0 Å². The van der Waals surface area contributed by atoms with Crippen LogP contribution in [-0.2, 0) is 9.53 Å². The van der Waals surface area contributed by atoms with Crippen molar-refractivity contribution in [1.29, 1.82) is 5.26 Å². The minimum Gasteiger partial charge on any atom is -0.380 e. The lowest BCUT2D eigenvalue weighted by Crippen LogP contribution is -2.43. The molecule has 2 N–H and O–H groups in total. The second-order valence-electron chi connectivity index (χ2n) is 8.09. The van der Waals surface area contributed by atoms with Crippen LogP contribution in [0.2, 0.25) is 5.02 Å². The van der Waals surface area contributed by atoms with Gasteiger partial charge in [0.15, 0.2) is 0 Å². The summed E-state index contributed by atoms with van der Waals surface area (Å²) < 4.78 is 5.54. The normalized spacial score (nSPS) is 20.8. The second-order valence-corrected chi connectivity index (χ2v) is 8.49. The SMILES string of the molecule is CO[C@@H]1C[C@@H](C(=O)NCC#N)N(c2ccc(Cl)c(-c3ccc(N4CCNCC4)cc3)c2)C1. The number of nitrogens with one attached hydrogen (secondary N) is 2. The molecule has 0 bridgehead atoms. The smallest absolute Gasteiger partial charge is 0.243 e. The highest BCUT2D eigenvalue weighted by atomic mass is 35.5. The number of hydrogen-bond donors (Lipinski definition) is 2. The molecule has 0 aromatic heterocycles. The topological polar surface area (TPSA) is 80.6 Å². The highest BCUT2D eigenvalue weighted by Crippen LogP contribution is 2.35. The monoisotopic (exact) mass is 453 g/mol. The molecule has 32 heavy (non-hydrogen) atoms. The van der Waals surface area contributed by atoms with Gasteiger partial charge < -0.3 is 25.2 Å². The van der Waals surface area contributed by atoms with Crippen molar-refractivity contribution in [3.63, 3.8) is 0 Å². The Hall–Kier alpha value is -2.79. The lowest BCUT2D eigenvalue weighted by atomic mass is 10.0. The number of benzene rings is 2. The number of anilines is 2. The Kier molecular flexibility index (Phi) is 7.15. The van der Waals surface area contributed by atoms with Crippen LogP contribution in [0.4, 0.5) is 11.4 Å². The quantitative estimate of drug-likeness (QED) is 0.654. The van der Waals surface area contributed by atoms with Crippen LogP contribution in [0, 0.1) is 11.3 Å². The molecule has 1 amide bonds. The van der Waals surface area contributed by atoms with Gasteiger partial charge in [-0.1, -0.05) is 23.7 Å². The first kappa shape index (κ1) is 22.4. The number of carbonyl (C=O) groups is 1. The summed E-state index contributed by atoms with van der Waals surface area (Å²) in [6, 6.07) is 15.9. The number of hydrogen-bond acceptors (Lipinski definition) is 6. The van der Waals surface area contributed by atoms with Crippen molar-refractivity contribution in [2.45, 2.75) is 18.6 Å². The van der Waals surface area contributed by atoms with Crippen LogP contribution in [-0.4, -0.2) is 64.4 Å². The summed E-state index contributed by atoms with van der Waals surface area (Å²) in [5, 5.41) is 15.5. The molecule has 0 spiro atoms. The third kappa shape index (κ3) is 4.83. The zero-order valence-electron chi connectivity index (χ0n) is 18.2. The molecule has 2 aromatic rings. The van der Waals surface area contributed by atoms with Gasteiger partial charge in [0.2, 0.25) is 5.91 Å². The Morgan fingerprint density at radius 2 is 1.94 bits per heavy atom. The Morgan fingerprint density at radius 3 is 2.62 bits per heavy atom. The highest BCUT2D eigenvalue weighted by molar-refractivity contribution is 6.33. The molecule has 4 rings (SSSR count). The van der Waals surface area contributed by atoms with E-state index in [1.807, 2.05) is 29.2 Å². The molecule has 2 atom stereocenters. The van der Waals surface area contributed by atoms with Crippen LogP contribution in [0.15, 0.2) is 42.5 Å². The predicted molar refractivity (Wildman–Crippen MR) is 127 cm³/mol. The van der Waals surface area contributed by atoms with Crippen LogP contribution < -0.4 is 20.4 Å². The zero-order valence-corrected chi connectivity index (χ0v) is 18.9. The number of nitrogens with zero attached hydrogens (tertiary/aromatic N) is 3. The molecule has 0 aliphatic carbocycles. The van der Waals surface area contributed by atoms with Crippen LogP contribution >= 0.6 is 11.6 Å². The minimum absolute atomic E-state index is 0.00782. The predicted octanol–water partition coefficient (Wildman–Crippen LogP) is 2.65. The van der Waals surface area contributed by atoms with Crippen molar-refractivity contribution in [3.05, 3.63) is 47.5 Å². The molecule has 168 valence electrons. The number of piperazine rings is 1. The van der Waals surface area contributed by atoms with Crippen molar-refractivity contribution >= 4 is 28.9 Å². The average molecular weight is 454 g/mol. The van der Waals surface area contributed by atoms with Crippen molar-refractivity contribution in [2.24, 2.45) is 0 Å². The summed E-state index contributed by atoms with van der Waals surface area (Å²) in [7, 11) is 1.66. The highest BCUT2D eigenvalue weighted by Gasteiger charge is 2.37. The number of methoxy groups -OCH3 is 1. The maximum Gasteiger partial charge on any atom is 0.243 e. The maximum absolute atomic E-state index is 12.7. The Balaban J connectivity index is 1.59. The van der Waals surface area contributed by atoms with Crippen molar-refractivity contribution < 1.29 is 9.53 Å². The molecule has 0 radical (unpaired) electrons. The van der Waals surface area contributed by atoms with E-state index in [2.05, 4.69) is 39.8 Å². The Labute approximate surface area is 193 Å². The summed E-state index contributed by atoms with van der Waals surface area (Å²) in [5.74, 6) is -0.164. The number of carbonyl (C=O) groups excluding carboxylic acids is 1. The van der Waals surface area contributed by atoms with Crippen molar-refractivity contribution in [2.75, 3.05) is 56.2 Å². The zero-order chi connectivity index (χ0) is 22.5. The number of amides is 1. The summed E-state index contributed by atoms with van der Waals surface area (Å²) in [4.78, 5) is 17.1. The lowest BCUT2D eigenvalue weighted by Gasteiger charge is -2.29. The molecule has 2 saturated heterocycles. The number of rotatable bonds is 6. The van der Waals surface area contributed by atoms with Crippen molar-refractivity contribution in [3.8, 4) is 17.2 Å². The fraction of sp³-hybridized carbons (Fsp3) is 0.417. The van der Waals surface area contributed by atoms with E-state index < -0.39 is 6.04 Å². The molecule has 2 heterocycles. The number of halogens is 1. The van der Waals surface area contributed by atoms with E-state index >= 15 is 0 Å². The van der Waals surface area contributed by atoms with Crippen LogP contribution in [0.5, 0.6) is 0 Å². The van der Waals surface area contributed by atoms with Gasteiger partial charge in [-0.25, -0.2) is 0 Å². The summed E-state index contributed by atoms with van der Waals surface area (Å²) in [5.41, 5.74) is 4.07. The van der Waals surface area contributed by atoms with Gasteiger partial charge in [0, 0.05) is 68.2 Å². The summed E-state index contributed by atoms with van der Waals surface area (Å²) in [6.45, 7) is 4.59. The first-order valence-electron chi connectivity index (χ1n) is 10.9. The number of ether oxygens (including phenoxy) is 1. The average Bonchev–Trinajstić information content (AvgIpc) is 3.28. The van der Waals surface area contributed by atoms with E-state index in [9.17, 15) is 4.79 Å². The third-order valence-corrected chi connectivity index (χ3v) is 6.51. The van der Waals surface area contributed by atoms with E-state index in [0.717, 1.165) is 43.0 Å². The number of nitriles is 1. The van der Waals surface area contributed by atoms with Crippen molar-refractivity contribution in [1.82, 2.24) is 10.6 Å². The fourth-order valence-electron chi connectivity index (χ4n) is 4.43. The van der Waals surface area contributed by atoms with E-state index in [-0.39, 0.29) is 18.6 Å². The molecular formula is C24H28ClN5O2. The van der Waals surface area contributed by atoms with Gasteiger partial charge in [-0.2, -0.15) is 5.26 Å². The van der Waals surface area contributed by atoms with E-state index in [1.54, 1.807) is 7.11 Å². The fourth-order valence-corrected chi connectivity index (χ4v) is 4.66. The third-order valence-electron chi connectivity index (χ3n) is 6.18. The van der Waals surface area contributed by atoms with E-state index in [1.165, 1.54) is 5.69 Å². The van der Waals surface area contributed by atoms with Gasteiger partial charge >= 0.3 is 0 Å². The van der Waals surface area contributed by atoms with Crippen LogP contribution in [0.1, 0.15) is 6.42 Å². The van der Waals surface area contributed by atoms with E-state index in [0.29, 0.717) is 18.0 Å². The molecule has 8 heteroatoms. The van der Waals surface area contributed by atoms with Gasteiger partial charge in [0.25, 0.3) is 0 Å². The largest absolute Gasteiger partial charge is 0.380 e. The first-order chi connectivity index (χ1) is 15.6. The second kappa shape index (κ2) is 10.2. The van der Waals surface area contributed by atoms with E-state index in [4.69, 9.17) is 21.6 Å². The minimum atomic E-state index is -0.391. The molecule has 2 aromatic carbocycles. The maximum atomic E-state index is 12.7. The molecule has 2 fully saturated rings. The summed E-state index contributed by atoms with van der Waals surface area (Å²) in [6.07, 6.45) is 0.524. The molecule has 7 nitrogen and oxygen atoms in total. The van der Waals surface area contributed by atoms with Crippen LogP contribution in [0.25, 0.3) is 11.1 Å². The summed E-state index contributed by atoms with van der Waals surface area (Å²) >= 11 is 6.57. The van der Waals surface area contributed by atoms with Gasteiger partial charge in [0.1, 0.15) is 12.6 Å².